The van der Waals surface area contributed by atoms with Gasteiger partial charge in [0.1, 0.15) is 11.5 Å². The molecule has 0 spiro atoms. The molecule has 0 unspecified atom stereocenters. The van der Waals surface area contributed by atoms with Gasteiger partial charge in [0.05, 0.1) is 15.6 Å². The van der Waals surface area contributed by atoms with Crippen LogP contribution in [0.4, 0.5) is 11.4 Å². The van der Waals surface area contributed by atoms with Gasteiger partial charge in [0.15, 0.2) is 0 Å². The van der Waals surface area contributed by atoms with Crippen LogP contribution in [-0.4, -0.2) is 16.7 Å². The summed E-state index contributed by atoms with van der Waals surface area (Å²) in [4.78, 5) is 28.6. The monoisotopic (exact) mass is 375 g/mol. The number of benzene rings is 2. The second-order valence-corrected chi connectivity index (χ2v) is 6.12. The van der Waals surface area contributed by atoms with Crippen molar-refractivity contribution in [2.24, 2.45) is 4.99 Å². The summed E-state index contributed by atoms with van der Waals surface area (Å²) in [5.74, 6) is 0.141. The molecule has 6 nitrogen and oxygen atoms in total. The molecule has 2 aromatic rings. The lowest BCUT2D eigenvalue weighted by atomic mass is 10.1. The average molecular weight is 376 g/mol. The van der Waals surface area contributed by atoms with Crippen LogP contribution in [0.25, 0.3) is 6.08 Å². The lowest BCUT2D eigenvalue weighted by Crippen LogP contribution is -2.30. The number of nitrogens with zero attached hydrogens (tertiary/aromatic N) is 3. The maximum absolute atomic E-state index is 12.7. The van der Waals surface area contributed by atoms with Crippen molar-refractivity contribution in [3.05, 3.63) is 73.9 Å². The van der Waals surface area contributed by atoms with Gasteiger partial charge in [0.2, 0.25) is 0 Å². The fraction of sp³-hybridized carbons (Fsp3) is 0.0588. The van der Waals surface area contributed by atoms with Crippen LogP contribution >= 0.6 is 23.2 Å². The number of amides is 1. The van der Waals surface area contributed by atoms with Crippen molar-refractivity contribution in [3.8, 4) is 0 Å². The molecule has 2 aromatic carbocycles. The Morgan fingerprint density at radius 3 is 2.44 bits per heavy atom. The van der Waals surface area contributed by atoms with Gasteiger partial charge in [0.25, 0.3) is 11.6 Å². The molecule has 25 heavy (non-hydrogen) atoms. The molecule has 0 saturated heterocycles. The lowest BCUT2D eigenvalue weighted by molar-refractivity contribution is -0.384. The number of halogens is 2. The fourth-order valence-corrected chi connectivity index (χ4v) is 2.92. The fourth-order valence-electron chi connectivity index (χ4n) is 2.42. The Labute approximate surface area is 153 Å². The molecule has 0 atom stereocenters. The van der Waals surface area contributed by atoms with Gasteiger partial charge in [-0.05, 0) is 48.9 Å². The predicted molar refractivity (Wildman–Crippen MR) is 98.1 cm³/mol. The van der Waals surface area contributed by atoms with Gasteiger partial charge in [-0.15, -0.1) is 0 Å². The van der Waals surface area contributed by atoms with Gasteiger partial charge >= 0.3 is 0 Å². The summed E-state index contributed by atoms with van der Waals surface area (Å²) >= 11 is 12.1. The van der Waals surface area contributed by atoms with Crippen LogP contribution in [0.3, 0.4) is 0 Å². The first-order valence-electron chi connectivity index (χ1n) is 7.18. The van der Waals surface area contributed by atoms with Crippen LogP contribution in [0.15, 0.2) is 53.2 Å². The quantitative estimate of drug-likeness (QED) is 0.442. The molecule has 0 aromatic heterocycles. The van der Waals surface area contributed by atoms with Crippen molar-refractivity contribution in [1.82, 2.24) is 0 Å². The van der Waals surface area contributed by atoms with Gasteiger partial charge in [-0.1, -0.05) is 23.2 Å². The Kier molecular flexibility index (Phi) is 4.57. The Bertz CT molecular complexity index is 937. The van der Waals surface area contributed by atoms with E-state index in [9.17, 15) is 14.9 Å². The molecule has 126 valence electrons. The molecule has 8 heteroatoms. The molecule has 0 bridgehead atoms. The van der Waals surface area contributed by atoms with Crippen LogP contribution < -0.4 is 4.90 Å². The van der Waals surface area contributed by atoms with Crippen molar-refractivity contribution in [3.63, 3.8) is 0 Å². The minimum atomic E-state index is -0.482. The van der Waals surface area contributed by atoms with E-state index in [0.29, 0.717) is 27.1 Å². The molecule has 0 aliphatic carbocycles. The van der Waals surface area contributed by atoms with Gasteiger partial charge < -0.3 is 0 Å². The number of amidine groups is 1. The number of hydrogen-bond donors (Lipinski definition) is 0. The Balaban J connectivity index is 1.93. The third-order valence-electron chi connectivity index (χ3n) is 3.59. The molecule has 1 amide bonds. The molecule has 1 aliphatic rings. The van der Waals surface area contributed by atoms with Gasteiger partial charge in [-0.2, -0.15) is 0 Å². The van der Waals surface area contributed by atoms with Crippen molar-refractivity contribution in [1.29, 1.82) is 0 Å². The van der Waals surface area contributed by atoms with E-state index >= 15 is 0 Å². The van der Waals surface area contributed by atoms with Crippen molar-refractivity contribution in [2.45, 2.75) is 6.92 Å². The van der Waals surface area contributed by atoms with Crippen LogP contribution in [0, 0.1) is 10.1 Å². The molecule has 1 aliphatic heterocycles. The topological polar surface area (TPSA) is 75.8 Å². The van der Waals surface area contributed by atoms with Crippen LogP contribution in [0.5, 0.6) is 0 Å². The van der Waals surface area contributed by atoms with Crippen LogP contribution in [0.1, 0.15) is 12.5 Å². The molecule has 0 fully saturated rings. The smallest absolute Gasteiger partial charge is 0.266 e. The third kappa shape index (κ3) is 3.40. The van der Waals surface area contributed by atoms with Crippen LogP contribution in [0.2, 0.25) is 10.0 Å². The molecule has 3 rings (SSSR count). The summed E-state index contributed by atoms with van der Waals surface area (Å²) in [6.45, 7) is 1.69. The number of nitro benzene ring substituents is 1. The Hall–Kier alpha value is -2.70. The van der Waals surface area contributed by atoms with Gasteiger partial charge in [0, 0.05) is 17.2 Å². The van der Waals surface area contributed by atoms with E-state index in [1.807, 2.05) is 0 Å². The van der Waals surface area contributed by atoms with E-state index in [-0.39, 0.29) is 17.3 Å². The van der Waals surface area contributed by atoms with E-state index in [4.69, 9.17) is 23.2 Å². The number of aliphatic imine (C=N–C) groups is 1. The van der Waals surface area contributed by atoms with Crippen molar-refractivity contribution in [2.75, 3.05) is 4.90 Å². The van der Waals surface area contributed by atoms with E-state index < -0.39 is 4.92 Å². The van der Waals surface area contributed by atoms with Gasteiger partial charge in [-0.25, -0.2) is 4.99 Å². The van der Waals surface area contributed by atoms with Crippen molar-refractivity contribution >= 4 is 52.4 Å². The maximum atomic E-state index is 12.7. The number of anilines is 1. The number of rotatable bonds is 3. The maximum Gasteiger partial charge on any atom is 0.282 e. The van der Waals surface area contributed by atoms with E-state index in [1.165, 1.54) is 17.0 Å². The summed E-state index contributed by atoms with van der Waals surface area (Å²) in [6.07, 6.45) is 1.57. The van der Waals surface area contributed by atoms with Gasteiger partial charge in [-0.3, -0.25) is 19.8 Å². The molecule has 0 radical (unpaired) electrons. The van der Waals surface area contributed by atoms with Crippen LogP contribution in [-0.2, 0) is 4.79 Å². The number of nitro groups is 1. The molecular weight excluding hydrogens is 365 g/mol. The molecule has 0 saturated carbocycles. The van der Waals surface area contributed by atoms with E-state index in [1.54, 1.807) is 43.3 Å². The molecule has 0 N–H and O–H groups in total. The molecular formula is C17H11Cl2N3O3. The summed E-state index contributed by atoms with van der Waals surface area (Å²) < 4.78 is 0. The lowest BCUT2D eigenvalue weighted by Gasteiger charge is -2.17. The highest BCUT2D eigenvalue weighted by Crippen LogP contribution is 2.33. The molecule has 1 heterocycles. The normalized spacial score (nSPS) is 15.6. The first-order valence-corrected chi connectivity index (χ1v) is 7.93. The second-order valence-electron chi connectivity index (χ2n) is 5.27. The predicted octanol–water partition coefficient (Wildman–Crippen LogP) is 4.71. The minimum Gasteiger partial charge on any atom is -0.266 e. The average Bonchev–Trinajstić information content (AvgIpc) is 2.82. The summed E-state index contributed by atoms with van der Waals surface area (Å²) in [5, 5.41) is 11.5. The summed E-state index contributed by atoms with van der Waals surface area (Å²) in [7, 11) is 0. The minimum absolute atomic E-state index is 0.0193. The zero-order chi connectivity index (χ0) is 18.1. The zero-order valence-corrected chi connectivity index (χ0v) is 14.5. The Morgan fingerprint density at radius 1 is 1.16 bits per heavy atom. The highest BCUT2D eigenvalue weighted by atomic mass is 35.5. The number of hydrogen-bond acceptors (Lipinski definition) is 4. The highest BCUT2D eigenvalue weighted by molar-refractivity contribution is 6.39. The largest absolute Gasteiger partial charge is 0.282 e. The first-order chi connectivity index (χ1) is 11.9. The SMILES string of the molecule is CC1=N/C(=C/c2ccc([N+](=O)[O-])cc2)C(=O)N1c1ccc(Cl)cc1Cl. The number of carbonyl (C=O) groups is 1. The van der Waals surface area contributed by atoms with E-state index in [0.717, 1.165) is 0 Å². The zero-order valence-electron chi connectivity index (χ0n) is 12.9. The standard InChI is InChI=1S/C17H11Cl2N3O3/c1-10-20-15(8-11-2-5-13(6-3-11)22(24)25)17(23)21(10)16-7-4-12(18)9-14(16)19/h2-9H,1H3/b15-8+. The van der Waals surface area contributed by atoms with Crippen molar-refractivity contribution < 1.29 is 9.72 Å². The summed E-state index contributed by atoms with van der Waals surface area (Å²) in [6, 6.07) is 10.7. The third-order valence-corrected chi connectivity index (χ3v) is 4.12. The van der Waals surface area contributed by atoms with E-state index in [2.05, 4.69) is 4.99 Å². The second kappa shape index (κ2) is 6.66. The highest BCUT2D eigenvalue weighted by Gasteiger charge is 2.30. The first kappa shape index (κ1) is 17.1. The Morgan fingerprint density at radius 2 is 1.84 bits per heavy atom. The summed E-state index contributed by atoms with van der Waals surface area (Å²) in [5.41, 5.74) is 1.32. The number of carbonyl (C=O) groups excluding carboxylic acids is 1. The number of non-ortho nitro benzene ring substituents is 1.